The summed E-state index contributed by atoms with van der Waals surface area (Å²) in [5, 5.41) is 4.11. The van der Waals surface area contributed by atoms with Gasteiger partial charge in [-0.15, -0.1) is 0 Å². The molecule has 6 heteroatoms. The van der Waals surface area contributed by atoms with Crippen LogP contribution in [-0.4, -0.2) is 59.3 Å². The first kappa shape index (κ1) is 19.3. The van der Waals surface area contributed by atoms with E-state index in [2.05, 4.69) is 38.1 Å². The summed E-state index contributed by atoms with van der Waals surface area (Å²) in [7, 11) is 0. The maximum Gasteiger partial charge on any atom is 0.227 e. The van der Waals surface area contributed by atoms with E-state index in [1.807, 2.05) is 30.3 Å². The zero-order chi connectivity index (χ0) is 20.2. The second kappa shape index (κ2) is 8.98. The van der Waals surface area contributed by atoms with Gasteiger partial charge in [0.25, 0.3) is 0 Å². The number of aryl methyl sites for hydroxylation is 1. The molecule has 6 nitrogen and oxygen atoms in total. The highest BCUT2D eigenvalue weighted by molar-refractivity contribution is 5.53. The first-order chi connectivity index (χ1) is 14.8. The van der Waals surface area contributed by atoms with Crippen LogP contribution in [0.5, 0.6) is 5.75 Å². The summed E-state index contributed by atoms with van der Waals surface area (Å²) in [6.45, 7) is 7.41. The zero-order valence-corrected chi connectivity index (χ0v) is 17.3. The SMILES string of the molecule is c1ccc(-c2noc(CCCN3CCN(Cc4ccc5c(c4)CCO5)CC3)n2)cc1. The van der Waals surface area contributed by atoms with E-state index < -0.39 is 0 Å². The highest BCUT2D eigenvalue weighted by atomic mass is 16.5. The summed E-state index contributed by atoms with van der Waals surface area (Å²) >= 11 is 0. The fraction of sp³-hybridized carbons (Fsp3) is 0.417. The van der Waals surface area contributed by atoms with Crippen molar-refractivity contribution in [2.45, 2.75) is 25.8 Å². The molecule has 0 N–H and O–H groups in total. The van der Waals surface area contributed by atoms with Gasteiger partial charge in [-0.3, -0.25) is 4.90 Å². The lowest BCUT2D eigenvalue weighted by atomic mass is 10.1. The Morgan fingerprint density at radius 3 is 2.63 bits per heavy atom. The number of hydrogen-bond acceptors (Lipinski definition) is 6. The molecule has 0 radical (unpaired) electrons. The van der Waals surface area contributed by atoms with E-state index in [0.717, 1.165) is 82.3 Å². The van der Waals surface area contributed by atoms with Crippen LogP contribution in [0.3, 0.4) is 0 Å². The number of nitrogens with zero attached hydrogens (tertiary/aromatic N) is 4. The molecule has 0 bridgehead atoms. The highest BCUT2D eigenvalue weighted by Crippen LogP contribution is 2.26. The Morgan fingerprint density at radius 1 is 0.933 bits per heavy atom. The summed E-state index contributed by atoms with van der Waals surface area (Å²) in [4.78, 5) is 9.63. The first-order valence-corrected chi connectivity index (χ1v) is 10.9. The van der Waals surface area contributed by atoms with E-state index in [1.165, 1.54) is 11.1 Å². The quantitative estimate of drug-likeness (QED) is 0.601. The molecule has 2 aliphatic heterocycles. The standard InChI is InChI=1S/C24H28N4O2/c1-2-5-20(6-3-1)24-25-23(30-26-24)7-4-11-27-12-14-28(15-13-27)18-19-8-9-22-21(17-19)10-16-29-22/h1-3,5-6,8-9,17H,4,7,10-16,18H2. The van der Waals surface area contributed by atoms with E-state index in [0.29, 0.717) is 5.82 Å². The third-order valence-electron chi connectivity index (χ3n) is 5.99. The Labute approximate surface area is 177 Å². The van der Waals surface area contributed by atoms with E-state index in [4.69, 9.17) is 9.26 Å². The van der Waals surface area contributed by atoms with Gasteiger partial charge < -0.3 is 14.2 Å². The second-order valence-corrected chi connectivity index (χ2v) is 8.14. The molecule has 3 heterocycles. The van der Waals surface area contributed by atoms with Crippen LogP contribution in [-0.2, 0) is 19.4 Å². The van der Waals surface area contributed by atoms with Gasteiger partial charge in [-0.2, -0.15) is 4.98 Å². The van der Waals surface area contributed by atoms with E-state index in [-0.39, 0.29) is 0 Å². The average Bonchev–Trinajstić information content (AvgIpc) is 3.45. The normalized spacial score (nSPS) is 17.1. The van der Waals surface area contributed by atoms with Gasteiger partial charge in [0.15, 0.2) is 0 Å². The Kier molecular flexibility index (Phi) is 5.77. The second-order valence-electron chi connectivity index (χ2n) is 8.14. The first-order valence-electron chi connectivity index (χ1n) is 10.9. The lowest BCUT2D eigenvalue weighted by molar-refractivity contribution is 0.125. The number of ether oxygens (including phenoxy) is 1. The maximum atomic E-state index is 5.62. The molecule has 2 aliphatic rings. The fourth-order valence-electron chi connectivity index (χ4n) is 4.28. The Bertz CT molecular complexity index is 964. The number of benzene rings is 2. The molecule has 0 amide bonds. The maximum absolute atomic E-state index is 5.62. The number of rotatable bonds is 7. The largest absolute Gasteiger partial charge is 0.493 e. The van der Waals surface area contributed by atoms with E-state index in [1.54, 1.807) is 0 Å². The molecule has 1 fully saturated rings. The summed E-state index contributed by atoms with van der Waals surface area (Å²) in [5.41, 5.74) is 3.76. The number of hydrogen-bond donors (Lipinski definition) is 0. The van der Waals surface area contributed by atoms with Crippen LogP contribution in [0.1, 0.15) is 23.4 Å². The molecule has 3 aromatic rings. The van der Waals surface area contributed by atoms with Gasteiger partial charge in [0.2, 0.25) is 11.7 Å². The summed E-state index contributed by atoms with van der Waals surface area (Å²) < 4.78 is 11.0. The summed E-state index contributed by atoms with van der Waals surface area (Å²) in [5.74, 6) is 2.48. The molecule has 1 saturated heterocycles. The molecule has 0 saturated carbocycles. The lowest BCUT2D eigenvalue weighted by Gasteiger charge is -2.34. The van der Waals surface area contributed by atoms with Gasteiger partial charge in [-0.05, 0) is 30.2 Å². The van der Waals surface area contributed by atoms with Crippen LogP contribution in [0.15, 0.2) is 53.1 Å². The van der Waals surface area contributed by atoms with Gasteiger partial charge in [0.05, 0.1) is 6.61 Å². The summed E-state index contributed by atoms with van der Waals surface area (Å²) in [6.07, 6.45) is 2.92. The average molecular weight is 405 g/mol. The highest BCUT2D eigenvalue weighted by Gasteiger charge is 2.18. The molecule has 0 spiro atoms. The summed E-state index contributed by atoms with van der Waals surface area (Å²) in [6, 6.07) is 16.6. The van der Waals surface area contributed by atoms with Gasteiger partial charge in [0, 0.05) is 51.1 Å². The predicted molar refractivity (Wildman–Crippen MR) is 115 cm³/mol. The Balaban J connectivity index is 1.04. The molecule has 0 aliphatic carbocycles. The number of piperazine rings is 1. The molecule has 0 atom stereocenters. The molecular formula is C24H28N4O2. The third-order valence-corrected chi connectivity index (χ3v) is 5.99. The smallest absolute Gasteiger partial charge is 0.227 e. The van der Waals surface area contributed by atoms with Crippen molar-refractivity contribution < 1.29 is 9.26 Å². The third kappa shape index (κ3) is 4.55. The molecule has 156 valence electrons. The van der Waals surface area contributed by atoms with Crippen molar-refractivity contribution in [1.82, 2.24) is 19.9 Å². The van der Waals surface area contributed by atoms with Crippen LogP contribution in [0.4, 0.5) is 0 Å². The fourth-order valence-corrected chi connectivity index (χ4v) is 4.28. The monoisotopic (exact) mass is 404 g/mol. The molecular weight excluding hydrogens is 376 g/mol. The van der Waals surface area contributed by atoms with E-state index >= 15 is 0 Å². The van der Waals surface area contributed by atoms with Crippen molar-refractivity contribution in [1.29, 1.82) is 0 Å². The van der Waals surface area contributed by atoms with Crippen molar-refractivity contribution in [3.63, 3.8) is 0 Å². The lowest BCUT2D eigenvalue weighted by Crippen LogP contribution is -2.46. The predicted octanol–water partition coefficient (Wildman–Crippen LogP) is 3.42. The van der Waals surface area contributed by atoms with Crippen LogP contribution < -0.4 is 4.74 Å². The molecule has 30 heavy (non-hydrogen) atoms. The molecule has 1 aromatic heterocycles. The van der Waals surface area contributed by atoms with Crippen molar-refractivity contribution in [2.24, 2.45) is 0 Å². The number of fused-ring (bicyclic) bond motifs is 1. The van der Waals surface area contributed by atoms with Crippen molar-refractivity contribution in [3.05, 3.63) is 65.5 Å². The van der Waals surface area contributed by atoms with Crippen LogP contribution >= 0.6 is 0 Å². The topological polar surface area (TPSA) is 54.6 Å². The minimum atomic E-state index is 0.678. The minimum Gasteiger partial charge on any atom is -0.493 e. The van der Waals surface area contributed by atoms with Crippen LogP contribution in [0, 0.1) is 0 Å². The number of aromatic nitrogens is 2. The van der Waals surface area contributed by atoms with Gasteiger partial charge in [-0.1, -0.05) is 47.6 Å². The van der Waals surface area contributed by atoms with Crippen molar-refractivity contribution in [3.8, 4) is 17.1 Å². The van der Waals surface area contributed by atoms with Gasteiger partial charge in [0.1, 0.15) is 5.75 Å². The minimum absolute atomic E-state index is 0.678. The van der Waals surface area contributed by atoms with Crippen LogP contribution in [0.25, 0.3) is 11.4 Å². The molecule has 2 aromatic carbocycles. The van der Waals surface area contributed by atoms with E-state index in [9.17, 15) is 0 Å². The van der Waals surface area contributed by atoms with Gasteiger partial charge >= 0.3 is 0 Å². The van der Waals surface area contributed by atoms with Crippen molar-refractivity contribution >= 4 is 0 Å². The van der Waals surface area contributed by atoms with Crippen LogP contribution in [0.2, 0.25) is 0 Å². The molecule has 5 rings (SSSR count). The Hall–Kier alpha value is -2.70. The zero-order valence-electron chi connectivity index (χ0n) is 17.3. The van der Waals surface area contributed by atoms with Gasteiger partial charge in [-0.25, -0.2) is 0 Å². The molecule has 0 unspecified atom stereocenters. The Morgan fingerprint density at radius 2 is 1.77 bits per heavy atom. The van der Waals surface area contributed by atoms with Crippen molar-refractivity contribution in [2.75, 3.05) is 39.3 Å².